The molecule has 0 saturated carbocycles. The third-order valence-electron chi connectivity index (χ3n) is 2.92. The number of fused-ring (bicyclic) bond motifs is 1. The lowest BCUT2D eigenvalue weighted by molar-refractivity contribution is 0.593. The Morgan fingerprint density at radius 1 is 0.944 bits per heavy atom. The van der Waals surface area contributed by atoms with Crippen LogP contribution in [0.3, 0.4) is 0 Å². The lowest BCUT2D eigenvalue weighted by Crippen LogP contribution is -2.30. The van der Waals surface area contributed by atoms with E-state index in [9.17, 15) is 8.42 Å². The van der Waals surface area contributed by atoms with Crippen molar-refractivity contribution in [1.29, 1.82) is 0 Å². The quantitative estimate of drug-likeness (QED) is 0.901. The zero-order chi connectivity index (χ0) is 12.6. The molecule has 1 aliphatic rings. The van der Waals surface area contributed by atoms with Crippen molar-refractivity contribution in [3.63, 3.8) is 0 Å². The Hall–Kier alpha value is -2.01. The molecular weight excluding hydrogens is 248 g/mol. The number of anilines is 2. The number of rotatable bonds is 2. The fourth-order valence-electron chi connectivity index (χ4n) is 2.02. The highest BCUT2D eigenvalue weighted by atomic mass is 32.2. The zero-order valence-corrected chi connectivity index (χ0v) is 10.4. The van der Waals surface area contributed by atoms with Gasteiger partial charge in [-0.3, -0.25) is 0 Å². The van der Waals surface area contributed by atoms with Crippen LogP contribution in [-0.4, -0.2) is 15.1 Å². The summed E-state index contributed by atoms with van der Waals surface area (Å²) in [6.45, 7) is 0.274. The summed E-state index contributed by atoms with van der Waals surface area (Å²) in [6, 6.07) is 15.8. The number of nitrogens with zero attached hydrogens (tertiary/aromatic N) is 1. The summed E-state index contributed by atoms with van der Waals surface area (Å²) in [7, 11) is -3.48. The first kappa shape index (κ1) is 11.1. The van der Waals surface area contributed by atoms with Crippen molar-refractivity contribution >= 4 is 21.4 Å². The van der Waals surface area contributed by atoms with Gasteiger partial charge in [-0.05, 0) is 24.3 Å². The molecule has 0 spiro atoms. The van der Waals surface area contributed by atoms with E-state index in [1.165, 1.54) is 4.31 Å². The van der Waals surface area contributed by atoms with Gasteiger partial charge < -0.3 is 5.32 Å². The third kappa shape index (κ3) is 1.64. The highest BCUT2D eigenvalue weighted by molar-refractivity contribution is 7.92. The number of sulfonamides is 1. The number of hydrogen-bond acceptors (Lipinski definition) is 3. The van der Waals surface area contributed by atoms with Gasteiger partial charge in [0.2, 0.25) is 0 Å². The number of hydrogen-bond donors (Lipinski definition) is 1. The van der Waals surface area contributed by atoms with Crippen molar-refractivity contribution in [3.05, 3.63) is 54.6 Å². The molecule has 1 N–H and O–H groups in total. The van der Waals surface area contributed by atoms with Gasteiger partial charge in [0.05, 0.1) is 16.3 Å². The van der Waals surface area contributed by atoms with E-state index < -0.39 is 10.0 Å². The maximum Gasteiger partial charge on any atom is 0.265 e. The molecule has 1 aliphatic heterocycles. The van der Waals surface area contributed by atoms with Crippen LogP contribution in [0.15, 0.2) is 59.5 Å². The van der Waals surface area contributed by atoms with Crippen molar-refractivity contribution in [2.75, 3.05) is 16.3 Å². The van der Waals surface area contributed by atoms with Crippen molar-refractivity contribution in [1.82, 2.24) is 0 Å². The number of para-hydroxylation sites is 2. The van der Waals surface area contributed by atoms with Gasteiger partial charge in [-0.1, -0.05) is 30.3 Å². The van der Waals surface area contributed by atoms with Crippen LogP contribution < -0.4 is 9.62 Å². The summed E-state index contributed by atoms with van der Waals surface area (Å²) >= 11 is 0. The SMILES string of the molecule is O=S(=O)(c1ccccc1)N1CNc2ccccc21. The van der Waals surface area contributed by atoms with Gasteiger partial charge in [0.15, 0.2) is 0 Å². The molecule has 0 amide bonds. The fourth-order valence-corrected chi connectivity index (χ4v) is 3.43. The maximum absolute atomic E-state index is 12.5. The Balaban J connectivity index is 2.08. The summed E-state index contributed by atoms with van der Waals surface area (Å²) in [5, 5.41) is 3.07. The summed E-state index contributed by atoms with van der Waals surface area (Å²) < 4.78 is 26.4. The first-order chi connectivity index (χ1) is 8.69. The minimum absolute atomic E-state index is 0.274. The summed E-state index contributed by atoms with van der Waals surface area (Å²) in [5.41, 5.74) is 1.54. The molecule has 0 bridgehead atoms. The van der Waals surface area contributed by atoms with Crippen LogP contribution in [0.2, 0.25) is 0 Å². The van der Waals surface area contributed by atoms with Crippen molar-refractivity contribution in [2.24, 2.45) is 0 Å². The zero-order valence-electron chi connectivity index (χ0n) is 9.58. The van der Waals surface area contributed by atoms with Gasteiger partial charge in [-0.25, -0.2) is 12.7 Å². The number of nitrogens with one attached hydrogen (secondary N) is 1. The van der Waals surface area contributed by atoms with Crippen molar-refractivity contribution in [2.45, 2.75) is 4.90 Å². The smallest absolute Gasteiger partial charge is 0.265 e. The molecule has 2 aromatic rings. The van der Waals surface area contributed by atoms with Gasteiger partial charge in [-0.15, -0.1) is 0 Å². The largest absolute Gasteiger partial charge is 0.365 e. The molecular formula is C13H12N2O2S. The minimum atomic E-state index is -3.48. The topological polar surface area (TPSA) is 49.4 Å². The van der Waals surface area contributed by atoms with E-state index in [0.29, 0.717) is 10.6 Å². The molecule has 0 saturated heterocycles. The molecule has 0 radical (unpaired) electrons. The van der Waals surface area contributed by atoms with Crippen molar-refractivity contribution < 1.29 is 8.42 Å². The van der Waals surface area contributed by atoms with E-state index in [1.807, 2.05) is 18.2 Å². The van der Waals surface area contributed by atoms with Crippen molar-refractivity contribution in [3.8, 4) is 0 Å². The molecule has 1 heterocycles. The van der Waals surface area contributed by atoms with Gasteiger partial charge >= 0.3 is 0 Å². The van der Waals surface area contributed by atoms with E-state index in [4.69, 9.17) is 0 Å². The molecule has 92 valence electrons. The summed E-state index contributed by atoms with van der Waals surface area (Å²) in [4.78, 5) is 0.309. The molecule has 0 unspecified atom stereocenters. The fraction of sp³-hybridized carbons (Fsp3) is 0.0769. The molecule has 0 aliphatic carbocycles. The molecule has 18 heavy (non-hydrogen) atoms. The Labute approximate surface area is 106 Å². The first-order valence-corrected chi connectivity index (χ1v) is 7.04. The van der Waals surface area contributed by atoms with Crippen LogP contribution in [0.5, 0.6) is 0 Å². The van der Waals surface area contributed by atoms with E-state index in [-0.39, 0.29) is 6.67 Å². The summed E-state index contributed by atoms with van der Waals surface area (Å²) in [6.07, 6.45) is 0. The minimum Gasteiger partial charge on any atom is -0.365 e. The van der Waals surface area contributed by atoms with Gasteiger partial charge in [-0.2, -0.15) is 0 Å². The lowest BCUT2D eigenvalue weighted by atomic mass is 10.3. The van der Waals surface area contributed by atoms with Gasteiger partial charge in [0.25, 0.3) is 10.0 Å². The monoisotopic (exact) mass is 260 g/mol. The second-order valence-corrected chi connectivity index (χ2v) is 5.88. The average Bonchev–Trinajstić information content (AvgIpc) is 2.84. The van der Waals surface area contributed by atoms with E-state index in [0.717, 1.165) is 5.69 Å². The molecule has 3 rings (SSSR count). The van der Waals surface area contributed by atoms with Crippen LogP contribution in [0.1, 0.15) is 0 Å². The Morgan fingerprint density at radius 2 is 1.61 bits per heavy atom. The van der Waals surface area contributed by atoms with Crippen LogP contribution in [0, 0.1) is 0 Å². The second kappa shape index (κ2) is 4.03. The third-order valence-corrected chi connectivity index (χ3v) is 4.69. The Bertz CT molecular complexity index is 668. The molecule has 2 aromatic carbocycles. The highest BCUT2D eigenvalue weighted by Crippen LogP contribution is 2.34. The van der Waals surface area contributed by atoms with Crippen LogP contribution in [0.4, 0.5) is 11.4 Å². The van der Waals surface area contributed by atoms with Gasteiger partial charge in [0, 0.05) is 0 Å². The predicted octanol–water partition coefficient (Wildman–Crippen LogP) is 2.26. The number of benzene rings is 2. The lowest BCUT2D eigenvalue weighted by Gasteiger charge is -2.18. The molecule has 5 heteroatoms. The van der Waals surface area contributed by atoms with Crippen LogP contribution in [0.25, 0.3) is 0 Å². The maximum atomic E-state index is 12.5. The van der Waals surface area contributed by atoms with Crippen LogP contribution >= 0.6 is 0 Å². The molecule has 0 aromatic heterocycles. The van der Waals surface area contributed by atoms with E-state index >= 15 is 0 Å². The molecule has 0 fully saturated rings. The van der Waals surface area contributed by atoms with Gasteiger partial charge in [0.1, 0.15) is 6.67 Å². The summed E-state index contributed by atoms with van der Waals surface area (Å²) in [5.74, 6) is 0. The highest BCUT2D eigenvalue weighted by Gasteiger charge is 2.30. The normalized spacial score (nSPS) is 14.1. The average molecular weight is 260 g/mol. The standard InChI is InChI=1S/C13H12N2O2S/c16-18(17,11-6-2-1-3-7-11)15-10-14-12-8-4-5-9-13(12)15/h1-9,14H,10H2. The van der Waals surface area contributed by atoms with E-state index in [2.05, 4.69) is 5.32 Å². The van der Waals surface area contributed by atoms with E-state index in [1.54, 1.807) is 36.4 Å². The first-order valence-electron chi connectivity index (χ1n) is 5.60. The molecule has 0 atom stereocenters. The Morgan fingerprint density at radius 3 is 2.39 bits per heavy atom. The predicted molar refractivity (Wildman–Crippen MR) is 71.0 cm³/mol. The second-order valence-electron chi connectivity index (χ2n) is 4.02. The van der Waals surface area contributed by atoms with Crippen LogP contribution in [-0.2, 0) is 10.0 Å². The Kier molecular flexibility index (Phi) is 2.48. The molecule has 4 nitrogen and oxygen atoms in total.